The van der Waals surface area contributed by atoms with Crippen molar-refractivity contribution in [1.82, 2.24) is 25.8 Å². The van der Waals surface area contributed by atoms with Crippen molar-refractivity contribution in [3.8, 4) is 0 Å². The predicted molar refractivity (Wildman–Crippen MR) is 96.9 cm³/mol. The summed E-state index contributed by atoms with van der Waals surface area (Å²) in [7, 11) is 0. The predicted octanol–water partition coefficient (Wildman–Crippen LogP) is 2.81. The lowest BCUT2D eigenvalue weighted by molar-refractivity contribution is 0.557. The summed E-state index contributed by atoms with van der Waals surface area (Å²) in [6.07, 6.45) is 1.71. The number of hydrogen-bond donors (Lipinski definition) is 3. The van der Waals surface area contributed by atoms with Crippen molar-refractivity contribution in [1.29, 1.82) is 0 Å². The molecule has 7 heteroatoms. The Morgan fingerprint density at radius 2 is 2.04 bits per heavy atom. The number of hydrogen-bond acceptors (Lipinski definition) is 6. The fraction of sp³-hybridized carbons (Fsp3) is 0.375. The van der Waals surface area contributed by atoms with Crippen LogP contribution in [0.4, 0.5) is 11.8 Å². The Labute approximate surface area is 137 Å². The Morgan fingerprint density at radius 3 is 2.70 bits per heavy atom. The topological polar surface area (TPSA) is 87.1 Å². The molecule has 0 atom stereocenters. The first-order chi connectivity index (χ1) is 11.1. The van der Waals surface area contributed by atoms with E-state index in [9.17, 15) is 0 Å². The maximum absolute atomic E-state index is 4.51. The van der Waals surface area contributed by atoms with Crippen molar-refractivity contribution in [2.45, 2.75) is 33.7 Å². The largest absolute Gasteiger partial charge is 0.354 e. The van der Waals surface area contributed by atoms with E-state index in [-0.39, 0.29) is 0 Å². The lowest BCUT2D eigenvalue weighted by atomic mass is 10.3. The fourth-order valence-corrected chi connectivity index (χ4v) is 1.70. The maximum atomic E-state index is 4.51. The summed E-state index contributed by atoms with van der Waals surface area (Å²) in [4.78, 5) is 17.6. The zero-order valence-corrected chi connectivity index (χ0v) is 14.2. The number of hydrazine groups is 1. The average molecular weight is 315 g/mol. The number of aromatic nitrogens is 3. The highest BCUT2D eigenvalue weighted by Gasteiger charge is 2.07. The van der Waals surface area contributed by atoms with Crippen molar-refractivity contribution >= 4 is 28.6 Å². The van der Waals surface area contributed by atoms with Crippen LogP contribution in [0.3, 0.4) is 0 Å². The van der Waals surface area contributed by atoms with Gasteiger partial charge in [-0.2, -0.15) is 9.97 Å². The molecule has 0 saturated carbocycles. The first-order valence-corrected chi connectivity index (χ1v) is 7.53. The first-order valence-electron chi connectivity index (χ1n) is 7.53. The number of aliphatic imine (C=N–C) groups is 1. The van der Waals surface area contributed by atoms with Crippen LogP contribution in [0.25, 0.3) is 11.0 Å². The van der Waals surface area contributed by atoms with Gasteiger partial charge < -0.3 is 10.7 Å². The summed E-state index contributed by atoms with van der Waals surface area (Å²) in [5, 5.41) is 3.92. The first kappa shape index (κ1) is 18.5. The molecule has 2 heterocycles. The molecule has 3 N–H and O–H groups in total. The summed E-state index contributed by atoms with van der Waals surface area (Å²) in [6, 6.07) is 4.09. The van der Waals surface area contributed by atoms with E-state index in [1.165, 1.54) is 0 Å². The summed E-state index contributed by atoms with van der Waals surface area (Å²) in [5.41, 5.74) is 6.77. The van der Waals surface area contributed by atoms with Crippen LogP contribution in [0.5, 0.6) is 0 Å². The highest BCUT2D eigenvalue weighted by atomic mass is 15.4. The maximum Gasteiger partial charge on any atom is 0.226 e. The third-order valence-corrected chi connectivity index (χ3v) is 2.60. The minimum Gasteiger partial charge on any atom is -0.354 e. The SMILES string of the molecule is C=C.CCNc1nc(N=C(C)NNC(C)C)c2cccnc2n1. The van der Waals surface area contributed by atoms with Gasteiger partial charge in [-0.15, -0.1) is 13.2 Å². The number of nitrogens with one attached hydrogen (secondary N) is 3. The second-order valence-electron chi connectivity index (χ2n) is 4.90. The van der Waals surface area contributed by atoms with E-state index in [0.29, 0.717) is 23.5 Å². The van der Waals surface area contributed by atoms with Gasteiger partial charge in [-0.3, -0.25) is 0 Å². The third kappa shape index (κ3) is 5.63. The van der Waals surface area contributed by atoms with Gasteiger partial charge in [-0.25, -0.2) is 15.4 Å². The number of fused-ring (bicyclic) bond motifs is 1. The van der Waals surface area contributed by atoms with Crippen LogP contribution in [-0.2, 0) is 0 Å². The van der Waals surface area contributed by atoms with Crippen LogP contribution in [0.1, 0.15) is 27.7 Å². The number of anilines is 1. The lowest BCUT2D eigenvalue weighted by Gasteiger charge is -2.11. The molecular weight excluding hydrogens is 290 g/mol. The normalized spacial score (nSPS) is 11.1. The molecule has 2 aromatic rings. The molecule has 124 valence electrons. The molecule has 0 radical (unpaired) electrons. The molecule has 0 aliphatic rings. The van der Waals surface area contributed by atoms with E-state index in [2.05, 4.69) is 49.3 Å². The summed E-state index contributed by atoms with van der Waals surface area (Å²) >= 11 is 0. The van der Waals surface area contributed by atoms with Gasteiger partial charge >= 0.3 is 0 Å². The smallest absolute Gasteiger partial charge is 0.226 e. The van der Waals surface area contributed by atoms with Crippen molar-refractivity contribution in [2.24, 2.45) is 4.99 Å². The number of amidine groups is 1. The van der Waals surface area contributed by atoms with E-state index in [1.54, 1.807) is 6.20 Å². The number of pyridine rings is 1. The van der Waals surface area contributed by atoms with E-state index >= 15 is 0 Å². The van der Waals surface area contributed by atoms with Gasteiger partial charge in [0.05, 0.1) is 5.39 Å². The minimum atomic E-state index is 0.316. The fourth-order valence-electron chi connectivity index (χ4n) is 1.70. The number of rotatable bonds is 5. The second kappa shape index (κ2) is 9.47. The van der Waals surface area contributed by atoms with Crippen LogP contribution in [-0.4, -0.2) is 33.4 Å². The molecule has 0 bridgehead atoms. The molecule has 0 spiro atoms. The summed E-state index contributed by atoms with van der Waals surface area (Å²) in [6.45, 7) is 14.7. The molecule has 0 aliphatic carbocycles. The van der Waals surface area contributed by atoms with Crippen molar-refractivity contribution < 1.29 is 0 Å². The molecule has 7 nitrogen and oxygen atoms in total. The molecule has 2 rings (SSSR count). The van der Waals surface area contributed by atoms with Gasteiger partial charge in [-0.1, -0.05) is 0 Å². The minimum absolute atomic E-state index is 0.316. The molecule has 0 amide bonds. The van der Waals surface area contributed by atoms with E-state index in [1.807, 2.05) is 39.8 Å². The van der Waals surface area contributed by atoms with Crippen molar-refractivity contribution in [3.63, 3.8) is 0 Å². The molecule has 0 saturated heterocycles. The molecule has 0 aliphatic heterocycles. The molecule has 0 unspecified atom stereocenters. The van der Waals surface area contributed by atoms with Crippen molar-refractivity contribution in [2.75, 3.05) is 11.9 Å². The lowest BCUT2D eigenvalue weighted by Crippen LogP contribution is -2.40. The van der Waals surface area contributed by atoms with E-state index in [4.69, 9.17) is 0 Å². The van der Waals surface area contributed by atoms with Crippen LogP contribution in [0.2, 0.25) is 0 Å². The van der Waals surface area contributed by atoms with Gasteiger partial charge in [0.1, 0.15) is 5.84 Å². The molecule has 23 heavy (non-hydrogen) atoms. The second-order valence-corrected chi connectivity index (χ2v) is 4.90. The zero-order chi connectivity index (χ0) is 17.2. The molecule has 2 aromatic heterocycles. The van der Waals surface area contributed by atoms with Crippen LogP contribution in [0, 0.1) is 0 Å². The molecule has 0 fully saturated rings. The Hall–Kier alpha value is -2.54. The van der Waals surface area contributed by atoms with Crippen LogP contribution < -0.4 is 16.2 Å². The van der Waals surface area contributed by atoms with E-state index in [0.717, 1.165) is 17.8 Å². The van der Waals surface area contributed by atoms with Crippen LogP contribution in [0.15, 0.2) is 36.5 Å². The average Bonchev–Trinajstić information content (AvgIpc) is 2.55. The third-order valence-electron chi connectivity index (χ3n) is 2.60. The number of nitrogens with zero attached hydrogens (tertiary/aromatic N) is 4. The Bertz CT molecular complexity index is 652. The van der Waals surface area contributed by atoms with Crippen molar-refractivity contribution in [3.05, 3.63) is 31.5 Å². The highest BCUT2D eigenvalue weighted by Crippen LogP contribution is 2.22. The quantitative estimate of drug-likeness (QED) is 0.340. The zero-order valence-electron chi connectivity index (χ0n) is 14.2. The highest BCUT2D eigenvalue weighted by molar-refractivity contribution is 5.90. The molecular formula is C16H25N7. The van der Waals surface area contributed by atoms with Gasteiger partial charge in [-0.05, 0) is 39.8 Å². The Balaban J connectivity index is 0.00000127. The van der Waals surface area contributed by atoms with Gasteiger partial charge in [0.2, 0.25) is 5.95 Å². The Kier molecular flexibility index (Phi) is 7.62. The monoisotopic (exact) mass is 315 g/mol. The standard InChI is InChI=1S/C14H21N7.C2H4/c1-5-15-14-18-12-11(7-6-8-16-12)13(19-14)17-10(4)21-20-9(2)3;1-2/h6-9,20H,5H2,1-4H3,(H2,15,16,17,18,19,21);1-2H2. The Morgan fingerprint density at radius 1 is 1.30 bits per heavy atom. The van der Waals surface area contributed by atoms with E-state index < -0.39 is 0 Å². The molecule has 0 aromatic carbocycles. The van der Waals surface area contributed by atoms with Gasteiger partial charge in [0.25, 0.3) is 0 Å². The summed E-state index contributed by atoms with van der Waals surface area (Å²) < 4.78 is 0. The van der Waals surface area contributed by atoms with Crippen LogP contribution >= 0.6 is 0 Å². The van der Waals surface area contributed by atoms with Gasteiger partial charge in [0, 0.05) is 18.8 Å². The summed E-state index contributed by atoms with van der Waals surface area (Å²) in [5.74, 6) is 1.86. The van der Waals surface area contributed by atoms with Gasteiger partial charge in [0.15, 0.2) is 11.5 Å².